The quantitative estimate of drug-likeness (QED) is 0.460. The maximum absolute atomic E-state index is 12.1. The topological polar surface area (TPSA) is 101 Å². The monoisotopic (exact) mass is 432 g/mol. The number of rotatable bonds is 9. The molecule has 0 atom stereocenters. The van der Waals surface area contributed by atoms with Crippen molar-refractivity contribution in [2.75, 3.05) is 39.1 Å². The number of benzene rings is 1. The molecular formula is C20H28N6O3S. The minimum Gasteiger partial charge on any atom is -0.383 e. The summed E-state index contributed by atoms with van der Waals surface area (Å²) >= 11 is 1.26. The number of amides is 3. The molecule has 1 aromatic heterocycles. The summed E-state index contributed by atoms with van der Waals surface area (Å²) in [6.07, 6.45) is 3.68. The number of thioether (sulfide) groups is 1. The first-order chi connectivity index (χ1) is 14.7. The lowest BCUT2D eigenvalue weighted by molar-refractivity contribution is -0.117. The van der Waals surface area contributed by atoms with Gasteiger partial charge in [0.25, 0.3) is 0 Å². The molecule has 0 unspecified atom stereocenters. The predicted octanol–water partition coefficient (Wildman–Crippen LogP) is 1.82. The zero-order valence-electron chi connectivity index (χ0n) is 17.2. The number of imide groups is 1. The van der Waals surface area contributed by atoms with Crippen LogP contribution < -0.4 is 10.6 Å². The fourth-order valence-corrected chi connectivity index (χ4v) is 4.02. The second kappa shape index (κ2) is 11.7. The van der Waals surface area contributed by atoms with Crippen molar-refractivity contribution in [3.8, 4) is 5.69 Å². The molecule has 1 aliphatic heterocycles. The van der Waals surface area contributed by atoms with Gasteiger partial charge in [0.2, 0.25) is 5.91 Å². The number of piperidine rings is 1. The lowest BCUT2D eigenvalue weighted by Gasteiger charge is -2.26. The van der Waals surface area contributed by atoms with Crippen LogP contribution in [0.4, 0.5) is 4.79 Å². The van der Waals surface area contributed by atoms with Crippen molar-refractivity contribution >= 4 is 23.7 Å². The van der Waals surface area contributed by atoms with E-state index in [9.17, 15) is 9.59 Å². The van der Waals surface area contributed by atoms with E-state index in [1.807, 2.05) is 34.9 Å². The Morgan fingerprint density at radius 3 is 2.63 bits per heavy atom. The van der Waals surface area contributed by atoms with Gasteiger partial charge < -0.3 is 10.1 Å². The first kappa shape index (κ1) is 22.3. The van der Waals surface area contributed by atoms with Gasteiger partial charge in [-0.05, 0) is 38.1 Å². The van der Waals surface area contributed by atoms with Gasteiger partial charge >= 0.3 is 6.03 Å². The van der Waals surface area contributed by atoms with Crippen molar-refractivity contribution in [1.82, 2.24) is 30.3 Å². The van der Waals surface area contributed by atoms with Crippen LogP contribution in [-0.4, -0.2) is 70.7 Å². The third-order valence-corrected chi connectivity index (χ3v) is 5.63. The Balaban J connectivity index is 1.65. The molecular weight excluding hydrogens is 404 g/mol. The summed E-state index contributed by atoms with van der Waals surface area (Å²) < 4.78 is 6.85. The predicted molar refractivity (Wildman–Crippen MR) is 115 cm³/mol. The van der Waals surface area contributed by atoms with Crippen LogP contribution in [0, 0.1) is 0 Å². The van der Waals surface area contributed by atoms with Gasteiger partial charge in [-0.15, -0.1) is 10.2 Å². The Morgan fingerprint density at radius 2 is 1.90 bits per heavy atom. The molecule has 2 heterocycles. The average Bonchev–Trinajstić information content (AvgIpc) is 3.16. The van der Waals surface area contributed by atoms with Crippen LogP contribution in [0.1, 0.15) is 25.1 Å². The smallest absolute Gasteiger partial charge is 0.321 e. The van der Waals surface area contributed by atoms with E-state index < -0.39 is 11.9 Å². The van der Waals surface area contributed by atoms with Gasteiger partial charge in [-0.25, -0.2) is 4.79 Å². The van der Waals surface area contributed by atoms with E-state index in [4.69, 9.17) is 4.74 Å². The van der Waals surface area contributed by atoms with Gasteiger partial charge in [-0.3, -0.25) is 19.6 Å². The second-order valence-electron chi connectivity index (χ2n) is 6.99. The molecule has 0 aliphatic carbocycles. The van der Waals surface area contributed by atoms with Gasteiger partial charge in [-0.1, -0.05) is 36.4 Å². The third kappa shape index (κ3) is 6.54. The summed E-state index contributed by atoms with van der Waals surface area (Å²) in [5.41, 5.74) is 0.953. The fourth-order valence-electron chi connectivity index (χ4n) is 3.25. The summed E-state index contributed by atoms with van der Waals surface area (Å²) in [5, 5.41) is 14.2. The van der Waals surface area contributed by atoms with Crippen molar-refractivity contribution in [2.24, 2.45) is 0 Å². The number of carbonyl (C=O) groups excluding carboxylic acids is 2. The zero-order chi connectivity index (χ0) is 21.2. The van der Waals surface area contributed by atoms with Crippen LogP contribution in [-0.2, 0) is 16.1 Å². The Hall–Kier alpha value is -2.43. The van der Waals surface area contributed by atoms with Crippen LogP contribution in [0.15, 0.2) is 35.5 Å². The van der Waals surface area contributed by atoms with E-state index >= 15 is 0 Å². The van der Waals surface area contributed by atoms with Crippen LogP contribution in [0.2, 0.25) is 0 Å². The minimum atomic E-state index is -0.534. The van der Waals surface area contributed by atoms with Gasteiger partial charge in [-0.2, -0.15) is 0 Å². The molecule has 1 saturated heterocycles. The third-order valence-electron chi connectivity index (χ3n) is 4.71. The molecule has 9 nitrogen and oxygen atoms in total. The maximum Gasteiger partial charge on any atom is 0.321 e. The lowest BCUT2D eigenvalue weighted by atomic mass is 10.1. The highest BCUT2D eigenvalue weighted by Crippen LogP contribution is 2.23. The summed E-state index contributed by atoms with van der Waals surface area (Å²) in [6.45, 7) is 3.56. The summed E-state index contributed by atoms with van der Waals surface area (Å²) in [5.74, 6) is 0.519. The summed E-state index contributed by atoms with van der Waals surface area (Å²) in [7, 11) is 1.55. The Morgan fingerprint density at radius 1 is 1.13 bits per heavy atom. The first-order valence-corrected chi connectivity index (χ1v) is 11.1. The molecule has 1 aliphatic rings. The van der Waals surface area contributed by atoms with Crippen LogP contribution >= 0.6 is 11.8 Å². The Bertz CT molecular complexity index is 823. The molecule has 30 heavy (non-hydrogen) atoms. The first-order valence-electron chi connectivity index (χ1n) is 10.1. The van der Waals surface area contributed by atoms with Crippen LogP contribution in [0.25, 0.3) is 5.69 Å². The average molecular weight is 433 g/mol. The zero-order valence-corrected chi connectivity index (χ0v) is 18.0. The lowest BCUT2D eigenvalue weighted by Crippen LogP contribution is -2.41. The highest BCUT2D eigenvalue weighted by atomic mass is 32.2. The number of para-hydroxylation sites is 1. The maximum atomic E-state index is 12.1. The number of ether oxygens (including phenoxy) is 1. The molecule has 0 saturated carbocycles. The SMILES string of the molecule is COCCNC(=O)NC(=O)CSc1nnc(CN2CCCCC2)n1-c1ccccc1. The molecule has 2 aromatic rings. The van der Waals surface area contributed by atoms with E-state index in [-0.39, 0.29) is 5.75 Å². The van der Waals surface area contributed by atoms with Crippen molar-refractivity contribution in [2.45, 2.75) is 31.0 Å². The highest BCUT2D eigenvalue weighted by Gasteiger charge is 2.19. The fraction of sp³-hybridized carbons (Fsp3) is 0.500. The van der Waals surface area contributed by atoms with E-state index in [0.717, 1.165) is 31.1 Å². The largest absolute Gasteiger partial charge is 0.383 e. The molecule has 2 N–H and O–H groups in total. The van der Waals surface area contributed by atoms with Gasteiger partial charge in [0.05, 0.1) is 18.9 Å². The molecule has 0 spiro atoms. The molecule has 0 radical (unpaired) electrons. The molecule has 1 aromatic carbocycles. The minimum absolute atomic E-state index is 0.0619. The number of nitrogens with one attached hydrogen (secondary N) is 2. The molecule has 162 valence electrons. The number of nitrogens with zero attached hydrogens (tertiary/aromatic N) is 4. The number of carbonyl (C=O) groups is 2. The number of likely N-dealkylation sites (tertiary alicyclic amines) is 1. The van der Waals surface area contributed by atoms with Gasteiger partial charge in [0.15, 0.2) is 11.0 Å². The van der Waals surface area contributed by atoms with E-state index in [1.165, 1.54) is 31.0 Å². The molecule has 3 rings (SSSR count). The van der Waals surface area contributed by atoms with Crippen molar-refractivity contribution < 1.29 is 14.3 Å². The standard InChI is InChI=1S/C20H28N6O3S/c1-29-13-10-21-19(28)22-18(27)15-30-20-24-23-17(14-25-11-6-3-7-12-25)26(20)16-8-4-2-5-9-16/h2,4-5,8-9H,3,6-7,10-15H2,1H3,(H2,21,22,27,28). The Labute approximate surface area is 180 Å². The van der Waals surface area contributed by atoms with Crippen molar-refractivity contribution in [3.05, 3.63) is 36.2 Å². The molecule has 10 heteroatoms. The van der Waals surface area contributed by atoms with Gasteiger partial charge in [0.1, 0.15) is 0 Å². The Kier molecular flexibility index (Phi) is 8.66. The van der Waals surface area contributed by atoms with E-state index in [2.05, 4.69) is 25.7 Å². The van der Waals surface area contributed by atoms with Gasteiger partial charge in [0, 0.05) is 19.3 Å². The van der Waals surface area contributed by atoms with Crippen LogP contribution in [0.5, 0.6) is 0 Å². The second-order valence-corrected chi connectivity index (χ2v) is 7.93. The van der Waals surface area contributed by atoms with Crippen molar-refractivity contribution in [1.29, 1.82) is 0 Å². The molecule has 1 fully saturated rings. The van der Waals surface area contributed by atoms with Crippen molar-refractivity contribution in [3.63, 3.8) is 0 Å². The molecule has 3 amide bonds. The summed E-state index contributed by atoms with van der Waals surface area (Å²) in [4.78, 5) is 26.2. The molecule has 0 bridgehead atoms. The van der Waals surface area contributed by atoms with Crippen LogP contribution in [0.3, 0.4) is 0 Å². The van der Waals surface area contributed by atoms with E-state index in [1.54, 1.807) is 7.11 Å². The highest BCUT2D eigenvalue weighted by molar-refractivity contribution is 7.99. The number of methoxy groups -OCH3 is 1. The normalized spacial score (nSPS) is 14.4. The number of hydrogen-bond acceptors (Lipinski definition) is 7. The number of hydrogen-bond donors (Lipinski definition) is 2. The summed E-state index contributed by atoms with van der Waals surface area (Å²) in [6, 6.07) is 9.35. The number of urea groups is 1. The van der Waals surface area contributed by atoms with E-state index in [0.29, 0.717) is 18.3 Å². The number of aromatic nitrogens is 3.